The van der Waals surface area contributed by atoms with Gasteiger partial charge in [0, 0.05) is 6.07 Å². The van der Waals surface area contributed by atoms with Crippen molar-refractivity contribution in [2.45, 2.75) is 6.92 Å². The average Bonchev–Trinajstić information content (AvgIpc) is 2.38. The van der Waals surface area contributed by atoms with Crippen molar-refractivity contribution < 1.29 is 9.13 Å². The van der Waals surface area contributed by atoms with Crippen LogP contribution in [0.4, 0.5) is 21.6 Å². The molecule has 0 aliphatic heterocycles. The van der Waals surface area contributed by atoms with Crippen LogP contribution in [0.3, 0.4) is 0 Å². The van der Waals surface area contributed by atoms with Crippen LogP contribution in [0.2, 0.25) is 5.28 Å². The number of nitrogens with zero attached hydrogens (tertiary/aromatic N) is 2. The van der Waals surface area contributed by atoms with E-state index in [4.69, 9.17) is 22.1 Å². The molecule has 2 rings (SSSR count). The van der Waals surface area contributed by atoms with Crippen LogP contribution in [0.25, 0.3) is 0 Å². The summed E-state index contributed by atoms with van der Waals surface area (Å²) in [4.78, 5) is 7.84. The van der Waals surface area contributed by atoms with Gasteiger partial charge in [0.05, 0.1) is 24.2 Å². The van der Waals surface area contributed by atoms with Gasteiger partial charge >= 0.3 is 0 Å². The van der Waals surface area contributed by atoms with E-state index in [-0.39, 0.29) is 16.8 Å². The topological polar surface area (TPSA) is 73.1 Å². The molecule has 5 nitrogen and oxygen atoms in total. The second kappa shape index (κ2) is 5.27. The number of methoxy groups -OCH3 is 1. The van der Waals surface area contributed by atoms with Crippen LogP contribution in [0.5, 0.6) is 5.75 Å². The lowest BCUT2D eigenvalue weighted by Crippen LogP contribution is -2.05. The van der Waals surface area contributed by atoms with Crippen LogP contribution in [-0.4, -0.2) is 17.1 Å². The van der Waals surface area contributed by atoms with Crippen molar-refractivity contribution >= 4 is 28.8 Å². The number of nitrogen functional groups attached to an aromatic ring is 1. The molecule has 0 spiro atoms. The summed E-state index contributed by atoms with van der Waals surface area (Å²) in [5.41, 5.74) is 6.85. The van der Waals surface area contributed by atoms with Crippen molar-refractivity contribution in [3.05, 3.63) is 35.0 Å². The van der Waals surface area contributed by atoms with Gasteiger partial charge in [-0.15, -0.1) is 0 Å². The first kappa shape index (κ1) is 13.4. The Bertz CT molecular complexity index is 621. The minimum Gasteiger partial charge on any atom is -0.497 e. The maximum Gasteiger partial charge on any atom is 0.224 e. The average molecular weight is 283 g/mol. The van der Waals surface area contributed by atoms with E-state index in [1.165, 1.54) is 25.3 Å². The first-order chi connectivity index (χ1) is 9.01. The van der Waals surface area contributed by atoms with Gasteiger partial charge in [-0.25, -0.2) is 9.37 Å². The maximum absolute atomic E-state index is 13.7. The number of nitrogens with one attached hydrogen (secondary N) is 1. The molecule has 0 fully saturated rings. The Balaban J connectivity index is 2.41. The molecule has 0 saturated heterocycles. The molecule has 0 amide bonds. The number of hydrogen-bond acceptors (Lipinski definition) is 5. The van der Waals surface area contributed by atoms with Crippen molar-refractivity contribution in [3.8, 4) is 5.75 Å². The molecule has 2 aromatic rings. The number of aryl methyl sites for hydroxylation is 1. The molecule has 3 N–H and O–H groups in total. The summed E-state index contributed by atoms with van der Waals surface area (Å²) >= 11 is 5.75. The quantitative estimate of drug-likeness (QED) is 0.847. The van der Waals surface area contributed by atoms with Gasteiger partial charge in [-0.2, -0.15) is 4.98 Å². The number of anilines is 3. The minimum atomic E-state index is -0.451. The van der Waals surface area contributed by atoms with Crippen molar-refractivity contribution in [2.24, 2.45) is 0 Å². The number of nitrogens with two attached hydrogens (primary N) is 1. The lowest BCUT2D eigenvalue weighted by molar-refractivity contribution is 0.414. The standard InChI is InChI=1S/C12H12ClFN4O/c1-6-10(15)11(18-12(13)16-6)17-9-5-7(19-2)3-4-8(9)14/h3-5H,15H2,1-2H3,(H,16,17,18). The molecule has 100 valence electrons. The molecule has 0 saturated carbocycles. The normalized spacial score (nSPS) is 10.3. The van der Waals surface area contributed by atoms with Gasteiger partial charge in [-0.1, -0.05) is 0 Å². The zero-order chi connectivity index (χ0) is 14.0. The lowest BCUT2D eigenvalue weighted by atomic mass is 10.2. The molecule has 1 heterocycles. The summed E-state index contributed by atoms with van der Waals surface area (Å²) in [6, 6.07) is 4.30. The molecule has 0 atom stereocenters. The Labute approximate surface area is 114 Å². The van der Waals surface area contributed by atoms with Gasteiger partial charge in [-0.3, -0.25) is 0 Å². The molecule has 0 aliphatic rings. The molecule has 1 aromatic heterocycles. The van der Waals surface area contributed by atoms with Gasteiger partial charge in [0.15, 0.2) is 5.82 Å². The third-order valence-electron chi connectivity index (χ3n) is 2.54. The largest absolute Gasteiger partial charge is 0.497 e. The van der Waals surface area contributed by atoms with Crippen molar-refractivity contribution in [1.29, 1.82) is 0 Å². The second-order valence-electron chi connectivity index (χ2n) is 3.81. The van der Waals surface area contributed by atoms with E-state index in [2.05, 4.69) is 15.3 Å². The summed E-state index contributed by atoms with van der Waals surface area (Å²) in [7, 11) is 1.50. The first-order valence-corrected chi connectivity index (χ1v) is 5.79. The number of hydrogen-bond donors (Lipinski definition) is 2. The highest BCUT2D eigenvalue weighted by Crippen LogP contribution is 2.28. The third kappa shape index (κ3) is 2.85. The molecule has 0 unspecified atom stereocenters. The van der Waals surface area contributed by atoms with E-state index in [1.54, 1.807) is 6.92 Å². The predicted molar refractivity (Wildman–Crippen MR) is 72.4 cm³/mol. The van der Waals surface area contributed by atoms with Crippen molar-refractivity contribution in [1.82, 2.24) is 9.97 Å². The summed E-state index contributed by atoms with van der Waals surface area (Å²) in [5.74, 6) is 0.316. The highest BCUT2D eigenvalue weighted by molar-refractivity contribution is 6.28. The Kier molecular flexibility index (Phi) is 3.71. The van der Waals surface area contributed by atoms with Crippen LogP contribution in [-0.2, 0) is 0 Å². The summed E-state index contributed by atoms with van der Waals surface area (Å²) < 4.78 is 18.7. The molecule has 0 bridgehead atoms. The number of aromatic nitrogens is 2. The van der Waals surface area contributed by atoms with Gasteiger partial charge in [-0.05, 0) is 30.7 Å². The molecular formula is C12H12ClFN4O. The Hall–Kier alpha value is -2.08. The number of benzene rings is 1. The highest BCUT2D eigenvalue weighted by atomic mass is 35.5. The van der Waals surface area contributed by atoms with E-state index >= 15 is 0 Å². The van der Waals surface area contributed by atoms with Crippen molar-refractivity contribution in [3.63, 3.8) is 0 Å². The predicted octanol–water partition coefficient (Wildman–Crippen LogP) is 2.91. The molecule has 1 aromatic carbocycles. The fourth-order valence-corrected chi connectivity index (χ4v) is 1.71. The summed E-state index contributed by atoms with van der Waals surface area (Å²) in [5, 5.41) is 2.82. The SMILES string of the molecule is COc1ccc(F)c(Nc2nc(Cl)nc(C)c2N)c1. The van der Waals surface area contributed by atoms with Gasteiger partial charge in [0.2, 0.25) is 5.28 Å². The zero-order valence-electron chi connectivity index (χ0n) is 10.4. The maximum atomic E-state index is 13.7. The minimum absolute atomic E-state index is 0.0394. The fraction of sp³-hybridized carbons (Fsp3) is 0.167. The number of rotatable bonds is 3. The van der Waals surface area contributed by atoms with Gasteiger partial charge in [0.1, 0.15) is 11.6 Å². The number of ether oxygens (including phenoxy) is 1. The Morgan fingerprint density at radius 3 is 2.79 bits per heavy atom. The van der Waals surface area contributed by atoms with Crippen LogP contribution in [0.15, 0.2) is 18.2 Å². The van der Waals surface area contributed by atoms with Crippen LogP contribution >= 0.6 is 11.6 Å². The molecule has 0 aliphatic carbocycles. The second-order valence-corrected chi connectivity index (χ2v) is 4.15. The Morgan fingerprint density at radius 2 is 2.11 bits per heavy atom. The molecular weight excluding hydrogens is 271 g/mol. The van der Waals surface area contributed by atoms with Crippen LogP contribution in [0, 0.1) is 12.7 Å². The smallest absolute Gasteiger partial charge is 0.224 e. The molecule has 19 heavy (non-hydrogen) atoms. The fourth-order valence-electron chi connectivity index (χ4n) is 1.50. The summed E-state index contributed by atoms with van der Waals surface area (Å²) in [6.45, 7) is 1.69. The third-order valence-corrected chi connectivity index (χ3v) is 2.70. The zero-order valence-corrected chi connectivity index (χ0v) is 11.1. The monoisotopic (exact) mass is 282 g/mol. The summed E-state index contributed by atoms with van der Waals surface area (Å²) in [6.07, 6.45) is 0. The van der Waals surface area contributed by atoms with Crippen LogP contribution in [0.1, 0.15) is 5.69 Å². The van der Waals surface area contributed by atoms with E-state index in [0.717, 1.165) is 0 Å². The molecule has 7 heteroatoms. The highest BCUT2D eigenvalue weighted by Gasteiger charge is 2.11. The van der Waals surface area contributed by atoms with E-state index in [0.29, 0.717) is 17.1 Å². The number of halogens is 2. The molecule has 0 radical (unpaired) electrons. The van der Waals surface area contributed by atoms with E-state index in [1.807, 2.05) is 0 Å². The van der Waals surface area contributed by atoms with E-state index < -0.39 is 5.82 Å². The first-order valence-electron chi connectivity index (χ1n) is 5.41. The van der Waals surface area contributed by atoms with Crippen LogP contribution < -0.4 is 15.8 Å². The lowest BCUT2D eigenvalue weighted by Gasteiger charge is -2.11. The van der Waals surface area contributed by atoms with Crippen molar-refractivity contribution in [2.75, 3.05) is 18.2 Å². The van der Waals surface area contributed by atoms with Gasteiger partial charge < -0.3 is 15.8 Å². The van der Waals surface area contributed by atoms with E-state index in [9.17, 15) is 4.39 Å². The Morgan fingerprint density at radius 1 is 1.37 bits per heavy atom. The van der Waals surface area contributed by atoms with Gasteiger partial charge in [0.25, 0.3) is 0 Å².